The van der Waals surface area contributed by atoms with Crippen molar-refractivity contribution in [3.63, 3.8) is 0 Å². The maximum absolute atomic E-state index is 12.5. The van der Waals surface area contributed by atoms with Crippen LogP contribution in [-0.2, 0) is 6.61 Å². The first-order valence-corrected chi connectivity index (χ1v) is 4.14. The van der Waals surface area contributed by atoms with Crippen LogP contribution >= 0.6 is 0 Å². The van der Waals surface area contributed by atoms with Crippen molar-refractivity contribution in [1.82, 2.24) is 4.98 Å². The van der Waals surface area contributed by atoms with Crippen LogP contribution < -0.4 is 9.47 Å². The van der Waals surface area contributed by atoms with Gasteiger partial charge >= 0.3 is 0 Å². The minimum atomic E-state index is -2.75. The molecule has 4 nitrogen and oxygen atoms in total. The van der Waals surface area contributed by atoms with Gasteiger partial charge in [-0.25, -0.2) is 13.8 Å². The SMILES string of the molecule is COc1cnc(C(F)F)c(OC)c1CO. The Morgan fingerprint density at radius 1 is 1.40 bits per heavy atom. The fourth-order valence-electron chi connectivity index (χ4n) is 1.24. The van der Waals surface area contributed by atoms with Crippen molar-refractivity contribution in [2.24, 2.45) is 0 Å². The van der Waals surface area contributed by atoms with Gasteiger partial charge in [-0.1, -0.05) is 0 Å². The van der Waals surface area contributed by atoms with Crippen LogP contribution in [0.4, 0.5) is 8.78 Å². The van der Waals surface area contributed by atoms with Crippen molar-refractivity contribution in [3.8, 4) is 11.5 Å². The van der Waals surface area contributed by atoms with Crippen LogP contribution in [0.5, 0.6) is 11.5 Å². The van der Waals surface area contributed by atoms with E-state index in [-0.39, 0.29) is 17.1 Å². The summed E-state index contributed by atoms with van der Waals surface area (Å²) >= 11 is 0. The Kier molecular flexibility index (Phi) is 3.79. The first kappa shape index (κ1) is 11.6. The number of hydrogen-bond donors (Lipinski definition) is 1. The largest absolute Gasteiger partial charge is 0.495 e. The van der Waals surface area contributed by atoms with E-state index in [1.165, 1.54) is 14.2 Å². The topological polar surface area (TPSA) is 51.6 Å². The molecule has 0 aliphatic carbocycles. The molecule has 0 saturated carbocycles. The molecular weight excluding hydrogens is 208 g/mol. The molecule has 1 aromatic rings. The molecule has 1 rings (SSSR count). The maximum atomic E-state index is 12.5. The van der Waals surface area contributed by atoms with E-state index in [1.54, 1.807) is 0 Å². The molecule has 0 bridgehead atoms. The molecule has 0 aromatic carbocycles. The number of aliphatic hydroxyl groups excluding tert-OH is 1. The maximum Gasteiger partial charge on any atom is 0.284 e. The van der Waals surface area contributed by atoms with Crippen LogP contribution in [0.1, 0.15) is 17.7 Å². The molecule has 0 unspecified atom stereocenters. The number of hydrogen-bond acceptors (Lipinski definition) is 4. The highest BCUT2D eigenvalue weighted by molar-refractivity contribution is 5.46. The van der Waals surface area contributed by atoms with Gasteiger partial charge in [0.05, 0.1) is 32.6 Å². The Bertz CT molecular complexity index is 344. The second-order valence-electron chi connectivity index (χ2n) is 2.68. The quantitative estimate of drug-likeness (QED) is 0.834. The Morgan fingerprint density at radius 2 is 2.07 bits per heavy atom. The van der Waals surface area contributed by atoms with Crippen molar-refractivity contribution in [2.75, 3.05) is 14.2 Å². The van der Waals surface area contributed by atoms with Crippen LogP contribution in [0.15, 0.2) is 6.20 Å². The van der Waals surface area contributed by atoms with Gasteiger partial charge in [-0.05, 0) is 0 Å². The van der Waals surface area contributed by atoms with Crippen molar-refractivity contribution in [2.45, 2.75) is 13.0 Å². The smallest absolute Gasteiger partial charge is 0.284 e. The Morgan fingerprint density at radius 3 is 2.47 bits per heavy atom. The number of nitrogens with zero attached hydrogens (tertiary/aromatic N) is 1. The summed E-state index contributed by atoms with van der Waals surface area (Å²) in [7, 11) is 2.60. The standard InChI is InChI=1S/C9H11F2NO3/c1-14-6-3-12-7(9(10)11)8(15-2)5(6)4-13/h3,9,13H,4H2,1-2H3. The zero-order valence-electron chi connectivity index (χ0n) is 8.33. The minimum Gasteiger partial charge on any atom is -0.495 e. The van der Waals surface area contributed by atoms with Crippen LogP contribution in [0.25, 0.3) is 0 Å². The first-order chi connectivity index (χ1) is 7.15. The van der Waals surface area contributed by atoms with Gasteiger partial charge in [0, 0.05) is 0 Å². The molecule has 0 spiro atoms. The lowest BCUT2D eigenvalue weighted by molar-refractivity contribution is 0.140. The summed E-state index contributed by atoms with van der Waals surface area (Å²) < 4.78 is 34.7. The summed E-state index contributed by atoms with van der Waals surface area (Å²) in [5, 5.41) is 9.04. The van der Waals surface area contributed by atoms with E-state index < -0.39 is 18.7 Å². The summed E-state index contributed by atoms with van der Waals surface area (Å²) in [5.74, 6) is 0.0885. The van der Waals surface area contributed by atoms with E-state index in [1.807, 2.05) is 0 Å². The summed E-state index contributed by atoms with van der Waals surface area (Å²) in [4.78, 5) is 3.52. The third-order valence-corrected chi connectivity index (χ3v) is 1.91. The van der Waals surface area contributed by atoms with E-state index in [9.17, 15) is 8.78 Å². The van der Waals surface area contributed by atoms with Gasteiger partial charge in [-0.15, -0.1) is 0 Å². The average Bonchev–Trinajstić information content (AvgIpc) is 2.26. The highest BCUT2D eigenvalue weighted by Crippen LogP contribution is 2.35. The molecule has 1 aromatic heterocycles. The fraction of sp³-hybridized carbons (Fsp3) is 0.444. The van der Waals surface area contributed by atoms with Gasteiger partial charge in [0.15, 0.2) is 5.75 Å². The molecular formula is C9H11F2NO3. The predicted molar refractivity (Wildman–Crippen MR) is 48.2 cm³/mol. The zero-order valence-corrected chi connectivity index (χ0v) is 8.33. The molecule has 6 heteroatoms. The molecule has 0 aliphatic rings. The number of pyridine rings is 1. The molecule has 0 saturated heterocycles. The number of ether oxygens (including phenoxy) is 2. The lowest BCUT2D eigenvalue weighted by Crippen LogP contribution is -2.03. The normalized spacial score (nSPS) is 10.5. The van der Waals surface area contributed by atoms with Crippen LogP contribution in [0, 0.1) is 0 Å². The molecule has 0 radical (unpaired) electrons. The van der Waals surface area contributed by atoms with Crippen LogP contribution in [0.3, 0.4) is 0 Å². The number of alkyl halides is 2. The molecule has 1 N–H and O–H groups in total. The van der Waals surface area contributed by atoms with Crippen molar-refractivity contribution >= 4 is 0 Å². The number of aliphatic hydroxyl groups is 1. The lowest BCUT2D eigenvalue weighted by atomic mass is 10.2. The second-order valence-corrected chi connectivity index (χ2v) is 2.68. The summed E-state index contributed by atoms with van der Waals surface area (Å²) in [6, 6.07) is 0. The zero-order chi connectivity index (χ0) is 11.4. The van der Waals surface area contributed by atoms with Gasteiger partial charge in [-0.3, -0.25) is 0 Å². The van der Waals surface area contributed by atoms with Gasteiger partial charge in [0.2, 0.25) is 0 Å². The van der Waals surface area contributed by atoms with E-state index in [0.29, 0.717) is 0 Å². The summed E-state index contributed by atoms with van der Waals surface area (Å²) in [5.41, 5.74) is -0.326. The monoisotopic (exact) mass is 219 g/mol. The number of halogens is 2. The molecule has 1 heterocycles. The van der Waals surface area contributed by atoms with Gasteiger partial charge in [0.1, 0.15) is 11.4 Å². The van der Waals surface area contributed by atoms with Crippen LogP contribution in [0.2, 0.25) is 0 Å². The fourth-order valence-corrected chi connectivity index (χ4v) is 1.24. The summed E-state index contributed by atoms with van der Waals surface area (Å²) in [6.45, 7) is -0.450. The molecule has 0 amide bonds. The number of rotatable bonds is 4. The highest BCUT2D eigenvalue weighted by atomic mass is 19.3. The highest BCUT2D eigenvalue weighted by Gasteiger charge is 2.21. The van der Waals surface area contributed by atoms with Crippen molar-refractivity contribution < 1.29 is 23.4 Å². The Hall–Kier alpha value is -1.43. The third-order valence-electron chi connectivity index (χ3n) is 1.91. The molecule has 15 heavy (non-hydrogen) atoms. The number of aromatic nitrogens is 1. The molecule has 0 fully saturated rings. The summed E-state index contributed by atoms with van der Waals surface area (Å²) in [6.07, 6.45) is -1.62. The second kappa shape index (κ2) is 4.88. The van der Waals surface area contributed by atoms with E-state index in [2.05, 4.69) is 4.98 Å². The number of methoxy groups -OCH3 is 2. The van der Waals surface area contributed by atoms with E-state index in [4.69, 9.17) is 14.6 Å². The van der Waals surface area contributed by atoms with Crippen molar-refractivity contribution in [3.05, 3.63) is 17.5 Å². The van der Waals surface area contributed by atoms with Gasteiger partial charge < -0.3 is 14.6 Å². The Balaban J connectivity index is 3.34. The van der Waals surface area contributed by atoms with Gasteiger partial charge in [0.25, 0.3) is 6.43 Å². The molecule has 0 aliphatic heterocycles. The van der Waals surface area contributed by atoms with Crippen molar-refractivity contribution in [1.29, 1.82) is 0 Å². The first-order valence-electron chi connectivity index (χ1n) is 4.14. The van der Waals surface area contributed by atoms with Gasteiger partial charge in [-0.2, -0.15) is 0 Å². The van der Waals surface area contributed by atoms with Crippen LogP contribution in [-0.4, -0.2) is 24.3 Å². The van der Waals surface area contributed by atoms with E-state index in [0.717, 1.165) is 6.20 Å². The molecule has 0 atom stereocenters. The Labute approximate surface area is 85.5 Å². The average molecular weight is 219 g/mol. The minimum absolute atomic E-state index is 0.133. The van der Waals surface area contributed by atoms with E-state index >= 15 is 0 Å². The molecule has 84 valence electrons. The predicted octanol–water partition coefficient (Wildman–Crippen LogP) is 1.53. The third kappa shape index (κ3) is 2.15. The lowest BCUT2D eigenvalue weighted by Gasteiger charge is -2.13.